The molecule has 5 heteroatoms. The quantitative estimate of drug-likeness (QED) is 0.851. The van der Waals surface area contributed by atoms with E-state index in [1.165, 1.54) is 42.5 Å². The summed E-state index contributed by atoms with van der Waals surface area (Å²) in [6, 6.07) is 0. The molecule has 100 valence electrons. The lowest BCUT2D eigenvalue weighted by atomic mass is 10.1. The second-order valence-corrected chi connectivity index (χ2v) is 6.67. The van der Waals surface area contributed by atoms with E-state index in [-0.39, 0.29) is 0 Å². The van der Waals surface area contributed by atoms with Gasteiger partial charge in [-0.2, -0.15) is 4.98 Å². The standard InChI is InChI=1S/C14H17N3OS/c15-12-11(9-4-2-1-3-5-10(9)19-12)14-16-13(17-18-14)8-6-7-8/h8H,1-7,15H2. The van der Waals surface area contributed by atoms with Gasteiger partial charge in [-0.25, -0.2) is 0 Å². The molecule has 0 amide bonds. The molecule has 2 aromatic rings. The smallest absolute Gasteiger partial charge is 0.261 e. The molecule has 4 rings (SSSR count). The average Bonchev–Trinajstić information content (AvgIpc) is 3.11. The van der Waals surface area contributed by atoms with Crippen molar-refractivity contribution in [3.05, 3.63) is 16.3 Å². The number of fused-ring (bicyclic) bond motifs is 1. The maximum atomic E-state index is 6.20. The number of thiophene rings is 1. The molecule has 2 aliphatic carbocycles. The van der Waals surface area contributed by atoms with Gasteiger partial charge < -0.3 is 10.3 Å². The van der Waals surface area contributed by atoms with E-state index in [2.05, 4.69) is 10.1 Å². The summed E-state index contributed by atoms with van der Waals surface area (Å²) in [6.45, 7) is 0. The summed E-state index contributed by atoms with van der Waals surface area (Å²) in [4.78, 5) is 5.99. The van der Waals surface area contributed by atoms with Gasteiger partial charge in [-0.05, 0) is 44.1 Å². The van der Waals surface area contributed by atoms with Crippen LogP contribution in [-0.2, 0) is 12.8 Å². The van der Waals surface area contributed by atoms with Crippen molar-refractivity contribution in [1.29, 1.82) is 0 Å². The van der Waals surface area contributed by atoms with Gasteiger partial charge in [-0.1, -0.05) is 11.6 Å². The number of nitrogens with two attached hydrogens (primary N) is 1. The molecule has 0 unspecified atom stereocenters. The monoisotopic (exact) mass is 275 g/mol. The van der Waals surface area contributed by atoms with Gasteiger partial charge in [-0.15, -0.1) is 11.3 Å². The molecule has 0 spiro atoms. The Hall–Kier alpha value is -1.36. The lowest BCUT2D eigenvalue weighted by Crippen LogP contribution is -1.91. The Balaban J connectivity index is 1.78. The fourth-order valence-corrected chi connectivity index (χ4v) is 3.99. The first kappa shape index (κ1) is 11.5. The molecule has 2 heterocycles. The van der Waals surface area contributed by atoms with Crippen LogP contribution in [0.4, 0.5) is 5.00 Å². The third-order valence-corrected chi connectivity index (χ3v) is 5.17. The van der Waals surface area contributed by atoms with Crippen molar-refractivity contribution < 1.29 is 4.52 Å². The van der Waals surface area contributed by atoms with Gasteiger partial charge in [0, 0.05) is 10.8 Å². The normalized spacial score (nSPS) is 19.2. The largest absolute Gasteiger partial charge is 0.390 e. The number of hydrogen-bond acceptors (Lipinski definition) is 5. The van der Waals surface area contributed by atoms with Crippen molar-refractivity contribution >= 4 is 16.3 Å². The Morgan fingerprint density at radius 1 is 1.16 bits per heavy atom. The second kappa shape index (κ2) is 4.34. The van der Waals surface area contributed by atoms with Crippen LogP contribution in [0.25, 0.3) is 11.5 Å². The molecule has 0 bridgehead atoms. The molecule has 2 aromatic heterocycles. The number of nitrogen functional groups attached to an aromatic ring is 1. The van der Waals surface area contributed by atoms with Crippen LogP contribution in [0.3, 0.4) is 0 Å². The highest BCUT2D eigenvalue weighted by molar-refractivity contribution is 7.16. The van der Waals surface area contributed by atoms with Crippen LogP contribution in [0.15, 0.2) is 4.52 Å². The number of aryl methyl sites for hydroxylation is 1. The first-order valence-corrected chi connectivity index (χ1v) is 7.88. The Bertz CT molecular complexity index is 612. The maximum absolute atomic E-state index is 6.20. The first-order chi connectivity index (χ1) is 9.33. The summed E-state index contributed by atoms with van der Waals surface area (Å²) in [6.07, 6.45) is 8.43. The first-order valence-electron chi connectivity index (χ1n) is 7.07. The predicted molar refractivity (Wildman–Crippen MR) is 75.3 cm³/mol. The Morgan fingerprint density at radius 2 is 2.00 bits per heavy atom. The molecule has 2 N–H and O–H groups in total. The van der Waals surface area contributed by atoms with E-state index >= 15 is 0 Å². The molecule has 0 atom stereocenters. The number of aromatic nitrogens is 2. The number of rotatable bonds is 2. The summed E-state index contributed by atoms with van der Waals surface area (Å²) < 4.78 is 5.46. The molecule has 1 saturated carbocycles. The van der Waals surface area contributed by atoms with Gasteiger partial charge in [0.2, 0.25) is 0 Å². The van der Waals surface area contributed by atoms with Gasteiger partial charge >= 0.3 is 0 Å². The summed E-state index contributed by atoms with van der Waals surface area (Å²) in [7, 11) is 0. The zero-order chi connectivity index (χ0) is 12.8. The Morgan fingerprint density at radius 3 is 2.84 bits per heavy atom. The van der Waals surface area contributed by atoms with Crippen LogP contribution in [0.2, 0.25) is 0 Å². The molecule has 0 radical (unpaired) electrons. The minimum atomic E-state index is 0.524. The fraction of sp³-hybridized carbons (Fsp3) is 0.571. The van der Waals surface area contributed by atoms with Crippen LogP contribution < -0.4 is 5.73 Å². The molecule has 1 fully saturated rings. The van der Waals surface area contributed by atoms with E-state index in [9.17, 15) is 0 Å². The van der Waals surface area contributed by atoms with Crippen LogP contribution >= 0.6 is 11.3 Å². The minimum absolute atomic E-state index is 0.524. The molecule has 0 saturated heterocycles. The van der Waals surface area contributed by atoms with Gasteiger partial charge in [0.1, 0.15) is 0 Å². The average molecular weight is 275 g/mol. The fourth-order valence-electron chi connectivity index (χ4n) is 2.84. The maximum Gasteiger partial charge on any atom is 0.261 e. The number of nitrogens with zero attached hydrogens (tertiary/aromatic N) is 2. The van der Waals surface area contributed by atoms with Crippen LogP contribution in [0.5, 0.6) is 0 Å². The van der Waals surface area contributed by atoms with Gasteiger partial charge in [0.25, 0.3) is 5.89 Å². The topological polar surface area (TPSA) is 64.9 Å². The lowest BCUT2D eigenvalue weighted by molar-refractivity contribution is 0.422. The molecule has 4 nitrogen and oxygen atoms in total. The zero-order valence-corrected chi connectivity index (χ0v) is 11.6. The summed E-state index contributed by atoms with van der Waals surface area (Å²) >= 11 is 1.71. The number of hydrogen-bond donors (Lipinski definition) is 1. The van der Waals surface area contributed by atoms with E-state index in [1.54, 1.807) is 11.3 Å². The van der Waals surface area contributed by atoms with E-state index < -0.39 is 0 Å². The molecular formula is C14H17N3OS. The van der Waals surface area contributed by atoms with Crippen LogP contribution in [0.1, 0.15) is 54.3 Å². The molecular weight excluding hydrogens is 258 g/mol. The highest BCUT2D eigenvalue weighted by atomic mass is 32.1. The molecule has 19 heavy (non-hydrogen) atoms. The molecule has 0 aromatic carbocycles. The van der Waals surface area contributed by atoms with Gasteiger partial charge in [0.15, 0.2) is 5.82 Å². The molecule has 2 aliphatic rings. The predicted octanol–water partition coefficient (Wildman–Crippen LogP) is 3.53. The lowest BCUT2D eigenvalue weighted by Gasteiger charge is -2.00. The number of anilines is 1. The Kier molecular flexibility index (Phi) is 2.62. The van der Waals surface area contributed by atoms with Crippen molar-refractivity contribution in [2.24, 2.45) is 0 Å². The van der Waals surface area contributed by atoms with E-state index in [0.29, 0.717) is 11.8 Å². The van der Waals surface area contributed by atoms with E-state index in [1.807, 2.05) is 0 Å². The third-order valence-electron chi connectivity index (χ3n) is 4.05. The van der Waals surface area contributed by atoms with Crippen LogP contribution in [0, 0.1) is 0 Å². The zero-order valence-electron chi connectivity index (χ0n) is 10.8. The highest BCUT2D eigenvalue weighted by Gasteiger charge is 2.30. The third kappa shape index (κ3) is 1.96. The summed E-state index contributed by atoms with van der Waals surface area (Å²) in [5, 5.41) is 4.96. The second-order valence-electron chi connectivity index (χ2n) is 5.54. The van der Waals surface area contributed by atoms with Crippen molar-refractivity contribution in [1.82, 2.24) is 10.1 Å². The van der Waals surface area contributed by atoms with Crippen LogP contribution in [-0.4, -0.2) is 10.1 Å². The van der Waals surface area contributed by atoms with E-state index in [0.717, 1.165) is 29.2 Å². The Labute approximate surface area is 116 Å². The summed E-state index contributed by atoms with van der Waals surface area (Å²) in [5.74, 6) is 2.03. The van der Waals surface area contributed by atoms with E-state index in [4.69, 9.17) is 10.3 Å². The minimum Gasteiger partial charge on any atom is -0.390 e. The van der Waals surface area contributed by atoms with Crippen molar-refractivity contribution in [2.75, 3.05) is 5.73 Å². The SMILES string of the molecule is Nc1sc2c(c1-c1nc(C3CC3)no1)CCCCC2. The van der Waals surface area contributed by atoms with Crippen molar-refractivity contribution in [2.45, 2.75) is 50.9 Å². The molecule has 0 aliphatic heterocycles. The van der Waals surface area contributed by atoms with Gasteiger partial charge in [-0.3, -0.25) is 0 Å². The van der Waals surface area contributed by atoms with Crippen molar-refractivity contribution in [3.63, 3.8) is 0 Å². The van der Waals surface area contributed by atoms with Crippen molar-refractivity contribution in [3.8, 4) is 11.5 Å². The summed E-state index contributed by atoms with van der Waals surface area (Å²) in [5.41, 5.74) is 8.59. The van der Waals surface area contributed by atoms with Gasteiger partial charge in [0.05, 0.1) is 10.6 Å². The highest BCUT2D eigenvalue weighted by Crippen LogP contribution is 2.43.